The van der Waals surface area contributed by atoms with Crippen molar-refractivity contribution in [1.29, 1.82) is 0 Å². The Labute approximate surface area is 151 Å². The van der Waals surface area contributed by atoms with E-state index in [-0.39, 0.29) is 6.04 Å². The third-order valence-corrected chi connectivity index (χ3v) is 5.66. The lowest BCUT2D eigenvalue weighted by atomic mass is 9.94. The van der Waals surface area contributed by atoms with Gasteiger partial charge in [-0.15, -0.1) is 10.2 Å². The van der Waals surface area contributed by atoms with Crippen LogP contribution in [0.15, 0.2) is 6.33 Å². The van der Waals surface area contributed by atoms with E-state index >= 15 is 0 Å². The average Bonchev–Trinajstić information content (AvgIpc) is 3.10. The molecule has 0 radical (unpaired) electrons. The highest BCUT2D eigenvalue weighted by molar-refractivity contribution is 5.82. The lowest BCUT2D eigenvalue weighted by Crippen LogP contribution is -2.53. The maximum absolute atomic E-state index is 13.1. The van der Waals surface area contributed by atoms with Crippen LogP contribution in [-0.4, -0.2) is 62.7 Å². The molecule has 1 amide bonds. The van der Waals surface area contributed by atoms with Crippen LogP contribution in [0.25, 0.3) is 0 Å². The highest BCUT2D eigenvalue weighted by Crippen LogP contribution is 2.28. The van der Waals surface area contributed by atoms with Crippen molar-refractivity contribution in [1.82, 2.24) is 24.6 Å². The van der Waals surface area contributed by atoms with Gasteiger partial charge in [0, 0.05) is 32.1 Å². The predicted octanol–water partition coefficient (Wildman–Crippen LogP) is 2.51. The molecule has 0 saturated carbocycles. The van der Waals surface area contributed by atoms with Crippen molar-refractivity contribution < 1.29 is 4.79 Å². The van der Waals surface area contributed by atoms with E-state index in [1.807, 2.05) is 6.33 Å². The minimum absolute atomic E-state index is 0.104. The molecule has 1 aromatic heterocycles. The molecule has 6 nitrogen and oxygen atoms in total. The van der Waals surface area contributed by atoms with Crippen molar-refractivity contribution in [2.24, 2.45) is 5.92 Å². The van der Waals surface area contributed by atoms with E-state index in [0.717, 1.165) is 57.8 Å². The fourth-order valence-electron chi connectivity index (χ4n) is 4.35. The molecule has 6 heteroatoms. The fourth-order valence-corrected chi connectivity index (χ4v) is 4.35. The number of aryl methyl sites for hydroxylation is 1. The SMILES string of the molecule is CCn1cnnc1C1CCN(C(=O)[C@H]2CCCCN2CC(C)C)CC1. The van der Waals surface area contributed by atoms with Crippen LogP contribution in [0.3, 0.4) is 0 Å². The summed E-state index contributed by atoms with van der Waals surface area (Å²) in [5.74, 6) is 2.49. The number of carbonyl (C=O) groups is 1. The van der Waals surface area contributed by atoms with Crippen molar-refractivity contribution >= 4 is 5.91 Å². The third-order valence-electron chi connectivity index (χ3n) is 5.66. The van der Waals surface area contributed by atoms with Gasteiger partial charge in [-0.1, -0.05) is 20.3 Å². The molecule has 2 saturated heterocycles. The first kappa shape index (κ1) is 18.4. The molecule has 2 aliphatic rings. The second kappa shape index (κ2) is 8.30. The van der Waals surface area contributed by atoms with E-state index < -0.39 is 0 Å². The van der Waals surface area contributed by atoms with Crippen LogP contribution in [0.1, 0.15) is 64.6 Å². The normalized spacial score (nSPS) is 23.4. The smallest absolute Gasteiger partial charge is 0.239 e. The maximum atomic E-state index is 13.1. The van der Waals surface area contributed by atoms with Crippen molar-refractivity contribution in [3.63, 3.8) is 0 Å². The standard InChI is InChI=1S/C19H33N5O/c1-4-22-14-20-21-18(22)16-8-11-23(12-9-16)19(25)17-7-5-6-10-24(17)13-15(2)3/h14-17H,4-13H2,1-3H3/t17-/m1/s1. The molecule has 2 aliphatic heterocycles. The minimum atomic E-state index is 0.104. The van der Waals surface area contributed by atoms with E-state index in [1.54, 1.807) is 0 Å². The first-order valence-corrected chi connectivity index (χ1v) is 10.0. The van der Waals surface area contributed by atoms with Crippen LogP contribution < -0.4 is 0 Å². The highest BCUT2D eigenvalue weighted by atomic mass is 16.2. The van der Waals surface area contributed by atoms with Crippen molar-refractivity contribution in [3.8, 4) is 0 Å². The number of piperidine rings is 2. The number of rotatable bonds is 5. The van der Waals surface area contributed by atoms with Gasteiger partial charge < -0.3 is 9.47 Å². The Kier molecular flexibility index (Phi) is 6.10. The molecule has 1 aromatic rings. The van der Waals surface area contributed by atoms with E-state index in [1.165, 1.54) is 12.8 Å². The van der Waals surface area contributed by atoms with Gasteiger partial charge in [-0.05, 0) is 45.1 Å². The second-order valence-corrected chi connectivity index (χ2v) is 7.98. The van der Waals surface area contributed by atoms with Gasteiger partial charge in [0.15, 0.2) is 0 Å². The molecule has 0 N–H and O–H groups in total. The van der Waals surface area contributed by atoms with Crippen LogP contribution >= 0.6 is 0 Å². The largest absolute Gasteiger partial charge is 0.341 e. The number of hydrogen-bond donors (Lipinski definition) is 0. The predicted molar refractivity (Wildman–Crippen MR) is 98.3 cm³/mol. The number of hydrogen-bond acceptors (Lipinski definition) is 4. The molecule has 0 aliphatic carbocycles. The molecule has 3 heterocycles. The Hall–Kier alpha value is -1.43. The summed E-state index contributed by atoms with van der Waals surface area (Å²) in [5, 5.41) is 8.38. The number of carbonyl (C=O) groups excluding carboxylic acids is 1. The Morgan fingerprint density at radius 2 is 1.96 bits per heavy atom. The highest BCUT2D eigenvalue weighted by Gasteiger charge is 2.34. The van der Waals surface area contributed by atoms with Gasteiger partial charge in [-0.25, -0.2) is 0 Å². The minimum Gasteiger partial charge on any atom is -0.341 e. The lowest BCUT2D eigenvalue weighted by Gasteiger charge is -2.40. The van der Waals surface area contributed by atoms with Gasteiger partial charge in [-0.3, -0.25) is 9.69 Å². The van der Waals surface area contributed by atoms with E-state index in [9.17, 15) is 4.79 Å². The molecular formula is C19H33N5O. The first-order valence-electron chi connectivity index (χ1n) is 10.0. The topological polar surface area (TPSA) is 54.3 Å². The van der Waals surface area contributed by atoms with Crippen LogP contribution in [0.2, 0.25) is 0 Å². The van der Waals surface area contributed by atoms with Crippen molar-refractivity contribution in [3.05, 3.63) is 12.2 Å². The zero-order valence-electron chi connectivity index (χ0n) is 16.0. The summed E-state index contributed by atoms with van der Waals surface area (Å²) >= 11 is 0. The van der Waals surface area contributed by atoms with Gasteiger partial charge >= 0.3 is 0 Å². The van der Waals surface area contributed by atoms with Crippen LogP contribution in [-0.2, 0) is 11.3 Å². The Bertz CT molecular complexity index is 562. The summed E-state index contributed by atoms with van der Waals surface area (Å²) in [6.45, 7) is 11.3. The summed E-state index contributed by atoms with van der Waals surface area (Å²) < 4.78 is 2.13. The maximum Gasteiger partial charge on any atom is 0.239 e. The fraction of sp³-hybridized carbons (Fsp3) is 0.842. The zero-order valence-corrected chi connectivity index (χ0v) is 16.0. The number of nitrogens with zero attached hydrogens (tertiary/aromatic N) is 5. The molecule has 0 bridgehead atoms. The van der Waals surface area contributed by atoms with Crippen LogP contribution in [0.4, 0.5) is 0 Å². The van der Waals surface area contributed by atoms with Crippen LogP contribution in [0, 0.1) is 5.92 Å². The van der Waals surface area contributed by atoms with Crippen molar-refractivity contribution in [2.75, 3.05) is 26.2 Å². The van der Waals surface area contributed by atoms with Gasteiger partial charge in [-0.2, -0.15) is 0 Å². The second-order valence-electron chi connectivity index (χ2n) is 7.98. The monoisotopic (exact) mass is 347 g/mol. The summed E-state index contributed by atoms with van der Waals surface area (Å²) in [5.41, 5.74) is 0. The molecule has 1 atom stereocenters. The first-order chi connectivity index (χ1) is 12.1. The third kappa shape index (κ3) is 4.22. The van der Waals surface area contributed by atoms with E-state index in [4.69, 9.17) is 0 Å². The summed E-state index contributed by atoms with van der Waals surface area (Å²) in [6.07, 6.45) is 7.25. The summed E-state index contributed by atoms with van der Waals surface area (Å²) in [4.78, 5) is 17.6. The molecular weight excluding hydrogens is 314 g/mol. The molecule has 25 heavy (non-hydrogen) atoms. The Morgan fingerprint density at radius 1 is 1.20 bits per heavy atom. The van der Waals surface area contributed by atoms with E-state index in [0.29, 0.717) is 17.7 Å². The number of likely N-dealkylation sites (tertiary alicyclic amines) is 2. The average molecular weight is 348 g/mol. The van der Waals surface area contributed by atoms with Gasteiger partial charge in [0.05, 0.1) is 6.04 Å². The summed E-state index contributed by atoms with van der Waals surface area (Å²) in [6, 6.07) is 0.104. The lowest BCUT2D eigenvalue weighted by molar-refractivity contribution is -0.139. The quantitative estimate of drug-likeness (QED) is 0.821. The summed E-state index contributed by atoms with van der Waals surface area (Å²) in [7, 11) is 0. The number of aromatic nitrogens is 3. The van der Waals surface area contributed by atoms with Crippen molar-refractivity contribution in [2.45, 2.75) is 71.4 Å². The van der Waals surface area contributed by atoms with E-state index in [2.05, 4.69) is 45.3 Å². The molecule has 3 rings (SSSR count). The van der Waals surface area contributed by atoms with Gasteiger partial charge in [0.25, 0.3) is 0 Å². The molecule has 0 spiro atoms. The zero-order chi connectivity index (χ0) is 17.8. The van der Waals surface area contributed by atoms with Crippen LogP contribution in [0.5, 0.6) is 0 Å². The van der Waals surface area contributed by atoms with Gasteiger partial charge in [0.2, 0.25) is 5.91 Å². The molecule has 140 valence electrons. The number of amides is 1. The Balaban J connectivity index is 1.59. The molecule has 0 aromatic carbocycles. The molecule has 0 unspecified atom stereocenters. The Morgan fingerprint density at radius 3 is 2.64 bits per heavy atom. The molecule has 2 fully saturated rings. The van der Waals surface area contributed by atoms with Gasteiger partial charge in [0.1, 0.15) is 12.2 Å².